The number of aromatic nitrogens is 1. The van der Waals surface area contributed by atoms with E-state index in [0.717, 1.165) is 16.1 Å². The van der Waals surface area contributed by atoms with Gasteiger partial charge in [0.1, 0.15) is 5.00 Å². The summed E-state index contributed by atoms with van der Waals surface area (Å²) in [5.74, 6) is -0.412. The number of thiophene rings is 1. The van der Waals surface area contributed by atoms with Crippen LogP contribution in [0.5, 0.6) is 0 Å². The number of ether oxygens (including phenoxy) is 1. The lowest BCUT2D eigenvalue weighted by Gasteiger charge is -2.09. The van der Waals surface area contributed by atoms with Gasteiger partial charge < -0.3 is 15.4 Å². The Labute approximate surface area is 154 Å². The van der Waals surface area contributed by atoms with Crippen LogP contribution in [0.1, 0.15) is 10.4 Å². The van der Waals surface area contributed by atoms with E-state index in [1.165, 1.54) is 18.4 Å². The van der Waals surface area contributed by atoms with E-state index in [0.29, 0.717) is 15.7 Å². The summed E-state index contributed by atoms with van der Waals surface area (Å²) in [7, 11) is 1.36. The Morgan fingerprint density at radius 1 is 1.16 bits per heavy atom. The van der Waals surface area contributed by atoms with Crippen molar-refractivity contribution in [1.29, 1.82) is 0 Å². The van der Waals surface area contributed by atoms with Gasteiger partial charge in [0.2, 0.25) is 0 Å². The molecular weight excluding hydrogens is 354 g/mol. The third-order valence-corrected chi connectivity index (χ3v) is 4.65. The number of nitrogens with one attached hydrogen (secondary N) is 2. The van der Waals surface area contributed by atoms with Crippen molar-refractivity contribution in [2.24, 2.45) is 0 Å². The topological polar surface area (TPSA) is 63.2 Å². The van der Waals surface area contributed by atoms with Crippen LogP contribution in [0.2, 0.25) is 0 Å². The number of esters is 1. The Hall–Kier alpha value is -2.77. The van der Waals surface area contributed by atoms with Crippen molar-refractivity contribution in [2.45, 2.75) is 0 Å². The van der Waals surface area contributed by atoms with Crippen molar-refractivity contribution in [3.8, 4) is 10.4 Å². The van der Waals surface area contributed by atoms with Crippen LogP contribution >= 0.6 is 23.6 Å². The molecule has 2 aromatic heterocycles. The summed E-state index contributed by atoms with van der Waals surface area (Å²) < 4.78 is 4.88. The molecule has 7 heteroatoms. The number of pyridine rings is 1. The van der Waals surface area contributed by atoms with Gasteiger partial charge >= 0.3 is 5.97 Å². The maximum Gasteiger partial charge on any atom is 0.340 e. The molecule has 25 heavy (non-hydrogen) atoms. The Balaban J connectivity index is 1.85. The number of rotatable bonds is 4. The second-order valence-corrected chi connectivity index (χ2v) is 6.49. The molecule has 0 atom stereocenters. The molecule has 0 fully saturated rings. The second kappa shape index (κ2) is 7.87. The van der Waals surface area contributed by atoms with Gasteiger partial charge in [-0.25, -0.2) is 4.79 Å². The minimum Gasteiger partial charge on any atom is -0.465 e. The average molecular weight is 369 g/mol. The molecular formula is C18H15N3O2S2. The van der Waals surface area contributed by atoms with E-state index in [9.17, 15) is 4.79 Å². The average Bonchev–Trinajstić information content (AvgIpc) is 3.06. The number of carbonyl (C=O) groups is 1. The van der Waals surface area contributed by atoms with E-state index in [1.807, 2.05) is 42.5 Å². The first-order chi connectivity index (χ1) is 12.2. The molecule has 2 N–H and O–H groups in total. The van der Waals surface area contributed by atoms with Gasteiger partial charge in [-0.1, -0.05) is 30.3 Å². The highest BCUT2D eigenvalue weighted by atomic mass is 32.1. The van der Waals surface area contributed by atoms with E-state index in [-0.39, 0.29) is 0 Å². The van der Waals surface area contributed by atoms with Gasteiger partial charge in [0, 0.05) is 11.1 Å². The first kappa shape index (κ1) is 17.1. The van der Waals surface area contributed by atoms with Crippen LogP contribution in [0.15, 0.2) is 60.9 Å². The van der Waals surface area contributed by atoms with Crippen LogP contribution < -0.4 is 10.6 Å². The maximum absolute atomic E-state index is 12.1. The normalized spacial score (nSPS) is 10.1. The van der Waals surface area contributed by atoms with E-state index in [4.69, 9.17) is 17.0 Å². The van der Waals surface area contributed by atoms with Gasteiger partial charge in [-0.3, -0.25) is 4.98 Å². The lowest BCUT2D eigenvalue weighted by Crippen LogP contribution is -2.19. The van der Waals surface area contributed by atoms with Crippen LogP contribution in [0.3, 0.4) is 0 Å². The zero-order valence-electron chi connectivity index (χ0n) is 13.4. The van der Waals surface area contributed by atoms with Crippen LogP contribution in [-0.4, -0.2) is 23.2 Å². The third kappa shape index (κ3) is 4.20. The molecule has 0 aliphatic heterocycles. The van der Waals surface area contributed by atoms with Gasteiger partial charge in [0.05, 0.1) is 24.6 Å². The maximum atomic E-state index is 12.1. The van der Waals surface area contributed by atoms with Crippen molar-refractivity contribution in [3.63, 3.8) is 0 Å². The predicted molar refractivity (Wildman–Crippen MR) is 105 cm³/mol. The Bertz CT molecular complexity index is 880. The van der Waals surface area contributed by atoms with E-state index in [1.54, 1.807) is 18.5 Å². The number of anilines is 2. The molecule has 0 saturated heterocycles. The molecule has 2 heterocycles. The lowest BCUT2D eigenvalue weighted by molar-refractivity contribution is 0.0602. The second-order valence-electron chi connectivity index (χ2n) is 5.03. The lowest BCUT2D eigenvalue weighted by atomic mass is 10.1. The first-order valence-electron chi connectivity index (χ1n) is 7.43. The minimum absolute atomic E-state index is 0.375. The number of methoxy groups -OCH3 is 1. The van der Waals surface area contributed by atoms with Gasteiger partial charge in [0.25, 0.3) is 0 Å². The van der Waals surface area contributed by atoms with Crippen molar-refractivity contribution >= 4 is 45.3 Å². The number of nitrogens with zero attached hydrogens (tertiary/aromatic N) is 1. The monoisotopic (exact) mass is 369 g/mol. The standard InChI is InChI=1S/C18H15N3O2S2/c1-23-17(22)14-10-15(12-6-3-2-4-7-12)25-16(14)21-18(24)20-13-8-5-9-19-11-13/h2-11H,1H3,(H2,20,21,24). The number of hydrogen-bond donors (Lipinski definition) is 2. The molecule has 126 valence electrons. The van der Waals surface area contributed by atoms with Crippen molar-refractivity contribution in [2.75, 3.05) is 17.7 Å². The number of carbonyl (C=O) groups excluding carboxylic acids is 1. The summed E-state index contributed by atoms with van der Waals surface area (Å²) in [5.41, 5.74) is 2.23. The van der Waals surface area contributed by atoms with Crippen LogP contribution in [0.25, 0.3) is 10.4 Å². The van der Waals surface area contributed by atoms with Crippen molar-refractivity contribution in [1.82, 2.24) is 4.98 Å². The quantitative estimate of drug-likeness (QED) is 0.525. The highest BCUT2D eigenvalue weighted by Gasteiger charge is 2.18. The largest absolute Gasteiger partial charge is 0.465 e. The summed E-state index contributed by atoms with van der Waals surface area (Å²) in [4.78, 5) is 17.1. The highest BCUT2D eigenvalue weighted by Crippen LogP contribution is 2.35. The molecule has 5 nitrogen and oxygen atoms in total. The van der Waals surface area contributed by atoms with Gasteiger partial charge in [0.15, 0.2) is 5.11 Å². The molecule has 3 rings (SSSR count). The Kier molecular flexibility index (Phi) is 5.37. The molecule has 3 aromatic rings. The van der Waals surface area contributed by atoms with Crippen molar-refractivity contribution in [3.05, 3.63) is 66.5 Å². The molecule has 0 unspecified atom stereocenters. The van der Waals surface area contributed by atoms with E-state index < -0.39 is 5.97 Å². The minimum atomic E-state index is -0.412. The molecule has 0 spiro atoms. The van der Waals surface area contributed by atoms with Crippen molar-refractivity contribution < 1.29 is 9.53 Å². The predicted octanol–water partition coefficient (Wildman–Crippen LogP) is 4.41. The van der Waals surface area contributed by atoms with Crippen LogP contribution in [-0.2, 0) is 4.74 Å². The number of hydrogen-bond acceptors (Lipinski definition) is 5. The van der Waals surface area contributed by atoms with E-state index in [2.05, 4.69) is 15.6 Å². The fraction of sp³-hybridized carbons (Fsp3) is 0.0556. The Morgan fingerprint density at radius 3 is 2.64 bits per heavy atom. The third-order valence-electron chi connectivity index (χ3n) is 3.34. The summed E-state index contributed by atoms with van der Waals surface area (Å²) in [5, 5.41) is 7.12. The zero-order valence-corrected chi connectivity index (χ0v) is 15.0. The smallest absolute Gasteiger partial charge is 0.340 e. The number of benzene rings is 1. The molecule has 0 aliphatic carbocycles. The van der Waals surface area contributed by atoms with Gasteiger partial charge in [-0.05, 0) is 36.0 Å². The highest BCUT2D eigenvalue weighted by molar-refractivity contribution is 7.80. The molecule has 0 radical (unpaired) electrons. The van der Waals surface area contributed by atoms with E-state index >= 15 is 0 Å². The Morgan fingerprint density at radius 2 is 1.96 bits per heavy atom. The molecule has 1 aromatic carbocycles. The molecule has 0 bridgehead atoms. The zero-order chi connectivity index (χ0) is 17.6. The molecule has 0 amide bonds. The number of thiocarbonyl (C=S) groups is 1. The van der Waals surface area contributed by atoms with Crippen LogP contribution in [0.4, 0.5) is 10.7 Å². The van der Waals surface area contributed by atoms with Gasteiger partial charge in [-0.15, -0.1) is 11.3 Å². The molecule has 0 saturated carbocycles. The first-order valence-corrected chi connectivity index (χ1v) is 8.65. The fourth-order valence-corrected chi connectivity index (χ4v) is 3.53. The van der Waals surface area contributed by atoms with Gasteiger partial charge in [-0.2, -0.15) is 0 Å². The summed E-state index contributed by atoms with van der Waals surface area (Å²) in [6.45, 7) is 0. The summed E-state index contributed by atoms with van der Waals surface area (Å²) in [6.07, 6.45) is 3.35. The SMILES string of the molecule is COC(=O)c1cc(-c2ccccc2)sc1NC(=S)Nc1cccnc1. The fourth-order valence-electron chi connectivity index (χ4n) is 2.19. The summed E-state index contributed by atoms with van der Waals surface area (Å²) >= 11 is 6.77. The summed E-state index contributed by atoms with van der Waals surface area (Å²) in [6, 6.07) is 15.3. The molecule has 0 aliphatic rings. The van der Waals surface area contributed by atoms with Crippen LogP contribution in [0, 0.1) is 0 Å².